The van der Waals surface area contributed by atoms with Gasteiger partial charge in [0.1, 0.15) is 11.8 Å². The number of anilines is 1. The molecule has 0 saturated heterocycles. The molecule has 1 aliphatic rings. The first-order valence-electron chi connectivity index (χ1n) is 5.37. The summed E-state index contributed by atoms with van der Waals surface area (Å²) in [6, 6.07) is 3.03. The van der Waals surface area contributed by atoms with Crippen molar-refractivity contribution < 1.29 is 14.6 Å². The highest BCUT2D eigenvalue weighted by atomic mass is 35.5. The fraction of sp³-hybridized carbons (Fsp3) is 0.417. The van der Waals surface area contributed by atoms with E-state index in [0.29, 0.717) is 17.9 Å². The average Bonchev–Trinajstić information content (AvgIpc) is 2.29. The first-order chi connectivity index (χ1) is 8.06. The molecule has 1 aliphatic heterocycles. The van der Waals surface area contributed by atoms with Gasteiger partial charge in [-0.3, -0.25) is 0 Å². The standard InChI is InChI=1S/C12H14ClNO3/c1-14-9(12(15)16)5-3-7-10(17-2)6-4-8(13)11(7)14/h4,6,9H,3,5H2,1-2H3,(H,15,16). The van der Waals surface area contributed by atoms with E-state index in [0.717, 1.165) is 17.0 Å². The van der Waals surface area contributed by atoms with Crippen LogP contribution in [0.1, 0.15) is 12.0 Å². The van der Waals surface area contributed by atoms with E-state index in [4.69, 9.17) is 21.4 Å². The van der Waals surface area contributed by atoms with Crippen molar-refractivity contribution in [1.82, 2.24) is 0 Å². The van der Waals surface area contributed by atoms with Gasteiger partial charge < -0.3 is 14.7 Å². The highest BCUT2D eigenvalue weighted by Gasteiger charge is 2.31. The summed E-state index contributed by atoms with van der Waals surface area (Å²) in [6.07, 6.45) is 1.23. The van der Waals surface area contributed by atoms with Crippen molar-refractivity contribution in [2.45, 2.75) is 18.9 Å². The first kappa shape index (κ1) is 12.0. The number of rotatable bonds is 2. The van der Waals surface area contributed by atoms with Gasteiger partial charge in [0.05, 0.1) is 17.8 Å². The molecule has 0 amide bonds. The van der Waals surface area contributed by atoms with Crippen LogP contribution in [-0.4, -0.2) is 31.3 Å². The van der Waals surface area contributed by atoms with Gasteiger partial charge in [-0.1, -0.05) is 11.6 Å². The predicted octanol–water partition coefficient (Wildman–Crippen LogP) is 2.18. The first-order valence-corrected chi connectivity index (χ1v) is 5.75. The van der Waals surface area contributed by atoms with Gasteiger partial charge in [-0.25, -0.2) is 4.79 Å². The van der Waals surface area contributed by atoms with Gasteiger partial charge in [0.2, 0.25) is 0 Å². The molecule has 0 bridgehead atoms. The van der Waals surface area contributed by atoms with Gasteiger partial charge in [-0.05, 0) is 25.0 Å². The number of benzene rings is 1. The number of methoxy groups -OCH3 is 1. The summed E-state index contributed by atoms with van der Waals surface area (Å²) >= 11 is 6.15. The molecule has 2 rings (SSSR count). The molecule has 0 radical (unpaired) electrons. The topological polar surface area (TPSA) is 49.8 Å². The molecular weight excluding hydrogens is 242 g/mol. The number of ether oxygens (including phenoxy) is 1. The van der Waals surface area contributed by atoms with Crippen molar-refractivity contribution in [2.75, 3.05) is 19.1 Å². The van der Waals surface area contributed by atoms with Crippen molar-refractivity contribution in [3.05, 3.63) is 22.7 Å². The third-order valence-electron chi connectivity index (χ3n) is 3.18. The Morgan fingerprint density at radius 2 is 2.29 bits per heavy atom. The molecule has 1 N–H and O–H groups in total. The van der Waals surface area contributed by atoms with E-state index in [2.05, 4.69) is 0 Å². The fourth-order valence-corrected chi connectivity index (χ4v) is 2.63. The minimum absolute atomic E-state index is 0.521. The normalized spacial score (nSPS) is 18.8. The van der Waals surface area contributed by atoms with Crippen LogP contribution in [0.4, 0.5) is 5.69 Å². The van der Waals surface area contributed by atoms with Gasteiger partial charge in [-0.2, -0.15) is 0 Å². The van der Waals surface area contributed by atoms with E-state index in [1.807, 2.05) is 6.07 Å². The third-order valence-corrected chi connectivity index (χ3v) is 3.49. The Hall–Kier alpha value is -1.42. The van der Waals surface area contributed by atoms with Crippen LogP contribution < -0.4 is 9.64 Å². The molecule has 0 fully saturated rings. The molecule has 1 atom stereocenters. The molecule has 5 heteroatoms. The number of hydrogen-bond donors (Lipinski definition) is 1. The minimum Gasteiger partial charge on any atom is -0.496 e. The molecule has 1 unspecified atom stereocenters. The van der Waals surface area contributed by atoms with E-state index in [1.165, 1.54) is 0 Å². The summed E-state index contributed by atoms with van der Waals surface area (Å²) < 4.78 is 5.28. The van der Waals surface area contributed by atoms with Crippen molar-refractivity contribution in [1.29, 1.82) is 0 Å². The molecule has 17 heavy (non-hydrogen) atoms. The number of nitrogens with zero attached hydrogens (tertiary/aromatic N) is 1. The monoisotopic (exact) mass is 255 g/mol. The quantitative estimate of drug-likeness (QED) is 0.880. The zero-order valence-electron chi connectivity index (χ0n) is 9.74. The summed E-state index contributed by atoms with van der Waals surface area (Å²) in [5, 5.41) is 9.70. The van der Waals surface area contributed by atoms with Gasteiger partial charge in [-0.15, -0.1) is 0 Å². The zero-order chi connectivity index (χ0) is 12.6. The van der Waals surface area contributed by atoms with Crippen LogP contribution in [0, 0.1) is 0 Å². The van der Waals surface area contributed by atoms with Gasteiger partial charge in [0, 0.05) is 12.6 Å². The number of halogens is 1. The van der Waals surface area contributed by atoms with Crippen LogP contribution in [0.15, 0.2) is 12.1 Å². The van der Waals surface area contributed by atoms with E-state index >= 15 is 0 Å². The largest absolute Gasteiger partial charge is 0.496 e. The number of carbonyl (C=O) groups is 1. The molecular formula is C12H14ClNO3. The Morgan fingerprint density at radius 1 is 1.59 bits per heavy atom. The summed E-state index contributed by atoms with van der Waals surface area (Å²) in [6.45, 7) is 0. The number of carboxylic acid groups (broad SMARTS) is 1. The molecule has 1 aromatic carbocycles. The van der Waals surface area contributed by atoms with Crippen LogP contribution in [0.3, 0.4) is 0 Å². The summed E-state index contributed by atoms with van der Waals surface area (Å²) in [5.74, 6) is -0.0582. The second-order valence-corrected chi connectivity index (χ2v) is 4.49. The molecule has 0 aliphatic carbocycles. The summed E-state index contributed by atoms with van der Waals surface area (Å²) in [7, 11) is 3.36. The molecule has 4 nitrogen and oxygen atoms in total. The zero-order valence-corrected chi connectivity index (χ0v) is 10.5. The number of fused-ring (bicyclic) bond motifs is 1. The Labute approximate surface area is 105 Å². The highest BCUT2D eigenvalue weighted by Crippen LogP contribution is 2.40. The van der Waals surface area contributed by atoms with E-state index < -0.39 is 12.0 Å². The molecule has 1 heterocycles. The van der Waals surface area contributed by atoms with Crippen molar-refractivity contribution in [3.8, 4) is 5.75 Å². The molecule has 1 aromatic rings. The van der Waals surface area contributed by atoms with E-state index in [-0.39, 0.29) is 0 Å². The van der Waals surface area contributed by atoms with E-state index in [9.17, 15) is 4.79 Å². The van der Waals surface area contributed by atoms with Crippen LogP contribution in [-0.2, 0) is 11.2 Å². The van der Waals surface area contributed by atoms with Crippen molar-refractivity contribution in [3.63, 3.8) is 0 Å². The van der Waals surface area contributed by atoms with Crippen LogP contribution >= 0.6 is 11.6 Å². The van der Waals surface area contributed by atoms with Crippen LogP contribution in [0.25, 0.3) is 0 Å². The smallest absolute Gasteiger partial charge is 0.326 e. The van der Waals surface area contributed by atoms with Crippen molar-refractivity contribution >= 4 is 23.3 Å². The van der Waals surface area contributed by atoms with Gasteiger partial charge in [0.15, 0.2) is 0 Å². The second kappa shape index (κ2) is 4.45. The molecule has 92 valence electrons. The maximum Gasteiger partial charge on any atom is 0.326 e. The van der Waals surface area contributed by atoms with Crippen LogP contribution in [0.2, 0.25) is 5.02 Å². The lowest BCUT2D eigenvalue weighted by Gasteiger charge is -2.34. The molecule has 0 aromatic heterocycles. The Kier molecular flexibility index (Phi) is 3.15. The molecule has 0 saturated carbocycles. The number of carboxylic acids is 1. The number of aliphatic carboxylic acids is 1. The lowest BCUT2D eigenvalue weighted by Crippen LogP contribution is -2.42. The maximum atomic E-state index is 11.1. The highest BCUT2D eigenvalue weighted by molar-refractivity contribution is 6.33. The van der Waals surface area contributed by atoms with Gasteiger partial charge >= 0.3 is 5.97 Å². The average molecular weight is 256 g/mol. The number of hydrogen-bond acceptors (Lipinski definition) is 3. The third kappa shape index (κ3) is 1.93. The van der Waals surface area contributed by atoms with Crippen molar-refractivity contribution in [2.24, 2.45) is 0 Å². The summed E-state index contributed by atoms with van der Waals surface area (Å²) in [5.41, 5.74) is 1.75. The summed E-state index contributed by atoms with van der Waals surface area (Å²) in [4.78, 5) is 12.8. The predicted molar refractivity (Wildman–Crippen MR) is 66.2 cm³/mol. The van der Waals surface area contributed by atoms with E-state index in [1.54, 1.807) is 25.1 Å². The Balaban J connectivity index is 2.52. The number of likely N-dealkylation sites (N-methyl/N-ethyl adjacent to an activating group) is 1. The Bertz CT molecular complexity index is 461. The maximum absolute atomic E-state index is 11.1. The Morgan fingerprint density at radius 3 is 2.88 bits per heavy atom. The van der Waals surface area contributed by atoms with Crippen LogP contribution in [0.5, 0.6) is 5.75 Å². The SMILES string of the molecule is COc1ccc(Cl)c2c1CCC(C(=O)O)N2C. The fourth-order valence-electron chi connectivity index (χ4n) is 2.32. The second-order valence-electron chi connectivity index (χ2n) is 4.08. The lowest BCUT2D eigenvalue weighted by molar-refractivity contribution is -0.138. The lowest BCUT2D eigenvalue weighted by atomic mass is 9.95. The molecule has 0 spiro atoms. The minimum atomic E-state index is -0.822. The van der Waals surface area contributed by atoms with Gasteiger partial charge in [0.25, 0.3) is 0 Å².